The molecule has 1 spiro atoms. The van der Waals surface area contributed by atoms with Crippen molar-refractivity contribution in [2.24, 2.45) is 11.3 Å². The van der Waals surface area contributed by atoms with E-state index in [1.807, 2.05) is 6.07 Å². The zero-order valence-corrected chi connectivity index (χ0v) is 27.8. The van der Waals surface area contributed by atoms with Crippen LogP contribution in [-0.2, 0) is 9.47 Å². The lowest BCUT2D eigenvalue weighted by Crippen LogP contribution is -2.60. The summed E-state index contributed by atoms with van der Waals surface area (Å²) in [5, 5.41) is 20.4. The van der Waals surface area contributed by atoms with Crippen LogP contribution < -0.4 is 9.64 Å². The number of fused-ring (bicyclic) bond motifs is 2. The predicted octanol–water partition coefficient (Wildman–Crippen LogP) is 4.80. The summed E-state index contributed by atoms with van der Waals surface area (Å²) in [6.45, 7) is 4.14. The summed E-state index contributed by atoms with van der Waals surface area (Å²) in [6, 6.07) is 1.87. The van der Waals surface area contributed by atoms with Gasteiger partial charge in [0.2, 0.25) is 0 Å². The second-order valence-electron chi connectivity index (χ2n) is 15.5. The number of pyridine rings is 1. The number of aromatic amines is 1. The van der Waals surface area contributed by atoms with Gasteiger partial charge in [-0.3, -0.25) is 15.0 Å². The molecule has 7 bridgehead atoms. The first-order chi connectivity index (χ1) is 23.7. The molecule has 6 aliphatic heterocycles. The van der Waals surface area contributed by atoms with Gasteiger partial charge >= 0.3 is 6.01 Å². The van der Waals surface area contributed by atoms with Gasteiger partial charge in [0.05, 0.1) is 54.7 Å². The smallest absolute Gasteiger partial charge is 0.319 e. The molecule has 49 heavy (non-hydrogen) atoms. The first kappa shape index (κ1) is 30.6. The zero-order valence-electron chi connectivity index (χ0n) is 27.1. The molecule has 9 heterocycles. The van der Waals surface area contributed by atoms with Gasteiger partial charge in [-0.25, -0.2) is 8.78 Å². The van der Waals surface area contributed by atoms with Gasteiger partial charge in [0.25, 0.3) is 0 Å². The Balaban J connectivity index is 1.15. The second kappa shape index (κ2) is 10.9. The topological polar surface area (TPSA) is 122 Å². The van der Waals surface area contributed by atoms with Crippen molar-refractivity contribution in [3.05, 3.63) is 34.9 Å². The Morgan fingerprint density at radius 3 is 2.94 bits per heavy atom. The Bertz CT molecular complexity index is 1990. The minimum atomic E-state index is -0.956. The lowest BCUT2D eigenvalue weighted by atomic mass is 9.59. The van der Waals surface area contributed by atoms with Gasteiger partial charge in [-0.15, -0.1) is 0 Å². The molecule has 4 aromatic rings. The maximum atomic E-state index is 17.3. The van der Waals surface area contributed by atoms with Gasteiger partial charge < -0.3 is 24.2 Å². The number of anilines is 1. The van der Waals surface area contributed by atoms with Crippen LogP contribution in [0.1, 0.15) is 50.0 Å². The lowest BCUT2D eigenvalue weighted by Gasteiger charge is -2.53. The van der Waals surface area contributed by atoms with Crippen molar-refractivity contribution in [3.8, 4) is 17.3 Å². The number of benzene rings is 1. The van der Waals surface area contributed by atoms with Crippen molar-refractivity contribution >= 4 is 39.2 Å². The van der Waals surface area contributed by atoms with E-state index in [0.717, 1.165) is 31.4 Å². The fourth-order valence-corrected chi connectivity index (χ4v) is 10.2. The third kappa shape index (κ3) is 4.86. The Morgan fingerprint density at radius 1 is 1.14 bits per heavy atom. The summed E-state index contributed by atoms with van der Waals surface area (Å²) < 4.78 is 50.5. The zero-order chi connectivity index (χ0) is 33.1. The van der Waals surface area contributed by atoms with Crippen molar-refractivity contribution in [2.75, 3.05) is 64.1 Å². The van der Waals surface area contributed by atoms with Gasteiger partial charge in [0.15, 0.2) is 5.82 Å². The monoisotopic (exact) mass is 693 g/mol. The number of aliphatic hydroxyl groups is 1. The standard InChI is InChI=1S/C35H38ClF2N7O4/c36-24-7-25-22(10-40-43-25)27-26(24)21-6-19(21)12-48-18-35(46)13-33(14-35)15-44(4-5-47-16-33)31-23-9-39-30(27)28(38)29(23)41-32(42-31)49-17-34-2-1-3-45(34)11-20(37)8-34/h7,9-10,19-21,46H,1-6,8,11-18H2,(H,40,43)/t19-,20+,21-,33?,34-,35?/m0/s1. The van der Waals surface area contributed by atoms with Crippen LogP contribution in [0.4, 0.5) is 14.6 Å². The number of nitrogens with one attached hydrogen (secondary N) is 1. The highest BCUT2D eigenvalue weighted by atomic mass is 35.5. The molecule has 3 aromatic heterocycles. The third-order valence-electron chi connectivity index (χ3n) is 12.0. The van der Waals surface area contributed by atoms with E-state index < -0.39 is 23.1 Å². The van der Waals surface area contributed by atoms with Crippen molar-refractivity contribution in [2.45, 2.75) is 61.8 Å². The van der Waals surface area contributed by atoms with Gasteiger partial charge in [-0.05, 0) is 62.1 Å². The molecule has 0 radical (unpaired) electrons. The average molecular weight is 694 g/mol. The van der Waals surface area contributed by atoms with E-state index in [0.29, 0.717) is 91.4 Å². The predicted molar refractivity (Wildman–Crippen MR) is 177 cm³/mol. The van der Waals surface area contributed by atoms with E-state index >= 15 is 4.39 Å². The molecule has 2 aliphatic carbocycles. The Kier molecular flexibility index (Phi) is 6.79. The minimum Gasteiger partial charge on any atom is -0.461 e. The number of hydrogen-bond acceptors (Lipinski definition) is 10. The molecular formula is C35H38ClF2N7O4. The number of nitrogens with zero attached hydrogens (tertiary/aromatic N) is 6. The molecule has 5 fully saturated rings. The normalized spacial score (nSPS) is 34.0. The summed E-state index contributed by atoms with van der Waals surface area (Å²) in [6.07, 6.45) is 6.47. The van der Waals surface area contributed by atoms with Crippen molar-refractivity contribution in [1.29, 1.82) is 0 Å². The number of aromatic nitrogens is 5. The van der Waals surface area contributed by atoms with Crippen molar-refractivity contribution in [3.63, 3.8) is 0 Å². The van der Waals surface area contributed by atoms with Gasteiger partial charge in [-0.2, -0.15) is 15.1 Å². The van der Waals surface area contributed by atoms with Crippen LogP contribution in [-0.4, -0.2) is 112 Å². The summed E-state index contributed by atoms with van der Waals surface area (Å²) in [7, 11) is 0. The molecular weight excluding hydrogens is 656 g/mol. The highest BCUT2D eigenvalue weighted by molar-refractivity contribution is 6.33. The minimum absolute atomic E-state index is 0.0261. The first-order valence-corrected chi connectivity index (χ1v) is 17.8. The van der Waals surface area contributed by atoms with Crippen LogP contribution in [0.15, 0.2) is 18.5 Å². The largest absolute Gasteiger partial charge is 0.461 e. The molecule has 2 N–H and O–H groups in total. The maximum Gasteiger partial charge on any atom is 0.319 e. The number of alkyl halides is 1. The number of rotatable bonds is 3. The molecule has 1 aromatic carbocycles. The van der Waals surface area contributed by atoms with Gasteiger partial charge in [0.1, 0.15) is 29.8 Å². The Labute approximate surface area is 286 Å². The molecule has 14 heteroatoms. The van der Waals surface area contributed by atoms with Gasteiger partial charge in [-0.1, -0.05) is 11.6 Å². The average Bonchev–Trinajstić information content (AvgIpc) is 3.38. The van der Waals surface area contributed by atoms with E-state index in [2.05, 4.69) is 20.0 Å². The van der Waals surface area contributed by atoms with Crippen LogP contribution >= 0.6 is 11.6 Å². The van der Waals surface area contributed by atoms with E-state index in [9.17, 15) is 9.50 Å². The van der Waals surface area contributed by atoms with Crippen LogP contribution in [0.2, 0.25) is 5.02 Å². The summed E-state index contributed by atoms with van der Waals surface area (Å²) in [5.74, 6) is 0.0886. The summed E-state index contributed by atoms with van der Waals surface area (Å²) in [5.41, 5.74) is 0.586. The third-order valence-corrected chi connectivity index (χ3v) is 12.3. The molecule has 0 amide bonds. The van der Waals surface area contributed by atoms with E-state index in [1.165, 1.54) is 0 Å². The van der Waals surface area contributed by atoms with Crippen LogP contribution in [0.5, 0.6) is 6.01 Å². The SMILES string of the molecule is OC12COC[C@@H]3C[C@@H]3c3c(Cl)cc4[nH]ncc4c3-c3ncc4c(nc(OC[C@@]56CCCN5C[C@H](F)C6)nc4c3F)N3CCOCC(C3)(C1)C2. The lowest BCUT2D eigenvalue weighted by molar-refractivity contribution is -0.177. The maximum absolute atomic E-state index is 17.3. The Hall–Kier alpha value is -3.23. The highest BCUT2D eigenvalue weighted by Crippen LogP contribution is 2.56. The number of halogens is 3. The molecule has 8 aliphatic rings. The molecule has 11 nitrogen and oxygen atoms in total. The van der Waals surface area contributed by atoms with E-state index in [-0.39, 0.29) is 47.7 Å². The van der Waals surface area contributed by atoms with Gasteiger partial charge in [0, 0.05) is 53.6 Å². The Morgan fingerprint density at radius 2 is 2.04 bits per heavy atom. The molecule has 4 atom stereocenters. The van der Waals surface area contributed by atoms with Crippen LogP contribution in [0.3, 0.4) is 0 Å². The number of H-pyrrole nitrogens is 1. The molecule has 258 valence electrons. The molecule has 12 rings (SSSR count). The molecule has 3 saturated heterocycles. The summed E-state index contributed by atoms with van der Waals surface area (Å²) >= 11 is 6.96. The van der Waals surface area contributed by atoms with Crippen molar-refractivity contribution in [1.82, 2.24) is 30.0 Å². The number of ether oxygens (including phenoxy) is 3. The number of hydrogen-bond donors (Lipinski definition) is 2. The first-order valence-electron chi connectivity index (χ1n) is 17.4. The van der Waals surface area contributed by atoms with Crippen LogP contribution in [0.25, 0.3) is 33.1 Å². The second-order valence-corrected chi connectivity index (χ2v) is 15.9. The fourth-order valence-electron chi connectivity index (χ4n) is 9.86. The fraction of sp³-hybridized carbons (Fsp3) is 0.600. The quantitative estimate of drug-likeness (QED) is 0.310. The summed E-state index contributed by atoms with van der Waals surface area (Å²) in [4.78, 5) is 18.7. The van der Waals surface area contributed by atoms with E-state index in [4.69, 9.17) is 40.8 Å². The van der Waals surface area contributed by atoms with Crippen molar-refractivity contribution < 1.29 is 28.1 Å². The van der Waals surface area contributed by atoms with E-state index in [1.54, 1.807) is 12.4 Å². The highest BCUT2D eigenvalue weighted by Gasteiger charge is 2.56. The molecule has 0 unspecified atom stereocenters. The van der Waals surface area contributed by atoms with Crippen LogP contribution in [0, 0.1) is 17.2 Å². The molecule has 2 saturated carbocycles.